The Morgan fingerprint density at radius 2 is 2.05 bits per heavy atom. The SMILES string of the molecule is CCCCCNC(=NC)NCC(=O)Nc1cccc(F)c1.I. The summed E-state index contributed by atoms with van der Waals surface area (Å²) in [6, 6.07) is 5.79. The van der Waals surface area contributed by atoms with E-state index in [1.165, 1.54) is 12.1 Å². The van der Waals surface area contributed by atoms with Gasteiger partial charge in [-0.25, -0.2) is 4.39 Å². The first-order valence-electron chi connectivity index (χ1n) is 7.15. The number of halogens is 2. The van der Waals surface area contributed by atoms with Gasteiger partial charge in [0.05, 0.1) is 6.54 Å². The van der Waals surface area contributed by atoms with Crippen molar-refractivity contribution in [1.29, 1.82) is 0 Å². The first kappa shape index (κ1) is 20.6. The van der Waals surface area contributed by atoms with E-state index in [-0.39, 0.29) is 42.2 Å². The quantitative estimate of drug-likeness (QED) is 0.274. The van der Waals surface area contributed by atoms with Gasteiger partial charge in [0.2, 0.25) is 5.91 Å². The van der Waals surface area contributed by atoms with Crippen molar-refractivity contribution in [3.05, 3.63) is 30.1 Å². The monoisotopic (exact) mass is 422 g/mol. The van der Waals surface area contributed by atoms with Crippen molar-refractivity contribution in [2.75, 3.05) is 25.5 Å². The summed E-state index contributed by atoms with van der Waals surface area (Å²) in [6.07, 6.45) is 3.38. The molecule has 1 aromatic carbocycles. The topological polar surface area (TPSA) is 65.5 Å². The van der Waals surface area contributed by atoms with Crippen LogP contribution in [0.25, 0.3) is 0 Å². The average Bonchev–Trinajstić information content (AvgIpc) is 2.46. The van der Waals surface area contributed by atoms with E-state index in [0.29, 0.717) is 11.6 Å². The molecule has 0 radical (unpaired) electrons. The Balaban J connectivity index is 0.00000441. The molecule has 0 aliphatic rings. The molecule has 0 atom stereocenters. The zero-order valence-electron chi connectivity index (χ0n) is 13.0. The number of guanidine groups is 1. The van der Waals surface area contributed by atoms with Gasteiger partial charge in [0, 0.05) is 19.3 Å². The van der Waals surface area contributed by atoms with E-state index in [0.717, 1.165) is 25.8 Å². The van der Waals surface area contributed by atoms with Gasteiger partial charge in [-0.15, -0.1) is 24.0 Å². The molecule has 0 aliphatic heterocycles. The molecule has 0 fully saturated rings. The zero-order valence-corrected chi connectivity index (χ0v) is 15.3. The third-order valence-electron chi connectivity index (χ3n) is 2.82. The lowest BCUT2D eigenvalue weighted by Gasteiger charge is -2.11. The molecular weight excluding hydrogens is 398 g/mol. The zero-order chi connectivity index (χ0) is 15.5. The molecule has 1 rings (SSSR count). The number of unbranched alkanes of at least 4 members (excludes halogenated alkanes) is 2. The summed E-state index contributed by atoms with van der Waals surface area (Å²) in [4.78, 5) is 15.8. The van der Waals surface area contributed by atoms with Crippen molar-refractivity contribution >= 4 is 41.5 Å². The van der Waals surface area contributed by atoms with Crippen molar-refractivity contribution < 1.29 is 9.18 Å². The van der Waals surface area contributed by atoms with Gasteiger partial charge in [-0.1, -0.05) is 25.8 Å². The number of carbonyl (C=O) groups is 1. The molecule has 22 heavy (non-hydrogen) atoms. The summed E-state index contributed by atoms with van der Waals surface area (Å²) in [5.41, 5.74) is 0.438. The summed E-state index contributed by atoms with van der Waals surface area (Å²) >= 11 is 0. The van der Waals surface area contributed by atoms with Crippen LogP contribution in [0, 0.1) is 5.82 Å². The van der Waals surface area contributed by atoms with Crippen LogP contribution in [0.2, 0.25) is 0 Å². The van der Waals surface area contributed by atoms with Crippen molar-refractivity contribution in [3.63, 3.8) is 0 Å². The summed E-state index contributed by atoms with van der Waals surface area (Å²) in [7, 11) is 1.65. The molecule has 3 N–H and O–H groups in total. The molecule has 124 valence electrons. The predicted octanol–water partition coefficient (Wildman–Crippen LogP) is 2.74. The van der Waals surface area contributed by atoms with E-state index < -0.39 is 0 Å². The molecule has 0 saturated carbocycles. The predicted molar refractivity (Wildman–Crippen MR) is 99.3 cm³/mol. The maximum Gasteiger partial charge on any atom is 0.243 e. The second-order valence-electron chi connectivity index (χ2n) is 4.62. The Labute approximate surface area is 148 Å². The van der Waals surface area contributed by atoms with Crippen LogP contribution in [0.4, 0.5) is 10.1 Å². The molecule has 0 saturated heterocycles. The molecule has 0 bridgehead atoms. The Hall–Kier alpha value is -1.38. The summed E-state index contributed by atoms with van der Waals surface area (Å²) in [6.45, 7) is 3.03. The normalized spacial score (nSPS) is 10.6. The number of benzene rings is 1. The maximum absolute atomic E-state index is 13.0. The van der Waals surface area contributed by atoms with Gasteiger partial charge in [-0.3, -0.25) is 9.79 Å². The molecule has 0 spiro atoms. The highest BCUT2D eigenvalue weighted by atomic mass is 127. The number of anilines is 1. The molecule has 0 unspecified atom stereocenters. The Bertz CT molecular complexity index is 482. The van der Waals surface area contributed by atoms with E-state index in [9.17, 15) is 9.18 Å². The minimum Gasteiger partial charge on any atom is -0.356 e. The number of aliphatic imine (C=N–C) groups is 1. The van der Waals surface area contributed by atoms with E-state index in [1.54, 1.807) is 19.2 Å². The fraction of sp³-hybridized carbons (Fsp3) is 0.467. The van der Waals surface area contributed by atoms with Crippen LogP contribution >= 0.6 is 24.0 Å². The van der Waals surface area contributed by atoms with Crippen molar-refractivity contribution in [2.24, 2.45) is 4.99 Å². The third-order valence-corrected chi connectivity index (χ3v) is 2.82. The minimum atomic E-state index is -0.380. The molecule has 0 heterocycles. The van der Waals surface area contributed by atoms with Crippen LogP contribution in [-0.2, 0) is 4.79 Å². The number of amides is 1. The lowest BCUT2D eigenvalue weighted by atomic mass is 10.2. The van der Waals surface area contributed by atoms with Crippen LogP contribution in [0.5, 0.6) is 0 Å². The van der Waals surface area contributed by atoms with E-state index in [2.05, 4.69) is 27.9 Å². The van der Waals surface area contributed by atoms with Crippen LogP contribution in [0.3, 0.4) is 0 Å². The number of carbonyl (C=O) groups excluding carboxylic acids is 1. The fourth-order valence-electron chi connectivity index (χ4n) is 1.74. The minimum absolute atomic E-state index is 0. The molecular formula is C15H24FIN4O. The lowest BCUT2D eigenvalue weighted by molar-refractivity contribution is -0.115. The molecule has 0 aliphatic carbocycles. The smallest absolute Gasteiger partial charge is 0.243 e. The Kier molecular flexibility index (Phi) is 11.4. The Morgan fingerprint density at radius 3 is 2.68 bits per heavy atom. The number of nitrogens with zero attached hydrogens (tertiary/aromatic N) is 1. The van der Waals surface area contributed by atoms with Gasteiger partial charge >= 0.3 is 0 Å². The van der Waals surface area contributed by atoms with Crippen molar-refractivity contribution in [1.82, 2.24) is 10.6 Å². The molecule has 0 aromatic heterocycles. The number of hydrogen-bond acceptors (Lipinski definition) is 2. The van der Waals surface area contributed by atoms with Gasteiger partial charge in [0.1, 0.15) is 5.82 Å². The van der Waals surface area contributed by atoms with E-state index in [4.69, 9.17) is 0 Å². The summed E-state index contributed by atoms with van der Waals surface area (Å²) < 4.78 is 13.0. The number of nitrogens with one attached hydrogen (secondary N) is 3. The summed E-state index contributed by atoms with van der Waals surface area (Å²) in [5, 5.41) is 8.66. The third kappa shape index (κ3) is 8.81. The lowest BCUT2D eigenvalue weighted by Crippen LogP contribution is -2.41. The number of rotatable bonds is 7. The largest absolute Gasteiger partial charge is 0.356 e. The maximum atomic E-state index is 13.0. The van der Waals surface area contributed by atoms with Gasteiger partial charge in [0.15, 0.2) is 5.96 Å². The second kappa shape index (κ2) is 12.2. The summed E-state index contributed by atoms with van der Waals surface area (Å²) in [5.74, 6) is -0.0493. The van der Waals surface area contributed by atoms with Gasteiger partial charge in [-0.05, 0) is 24.6 Å². The second-order valence-corrected chi connectivity index (χ2v) is 4.62. The van der Waals surface area contributed by atoms with E-state index in [1.807, 2.05) is 0 Å². The Morgan fingerprint density at radius 1 is 1.27 bits per heavy atom. The first-order valence-corrected chi connectivity index (χ1v) is 7.15. The van der Waals surface area contributed by atoms with Gasteiger partial charge < -0.3 is 16.0 Å². The standard InChI is InChI=1S/C15H23FN4O.HI/c1-3-4-5-9-18-15(17-2)19-11-14(21)20-13-8-6-7-12(16)10-13;/h6-8,10H,3-5,9,11H2,1-2H3,(H,20,21)(H2,17,18,19);1H. The average molecular weight is 422 g/mol. The van der Waals surface area contributed by atoms with Crippen LogP contribution in [0.1, 0.15) is 26.2 Å². The fourth-order valence-corrected chi connectivity index (χ4v) is 1.74. The highest BCUT2D eigenvalue weighted by Gasteiger charge is 2.04. The molecule has 1 amide bonds. The first-order chi connectivity index (χ1) is 10.2. The molecule has 5 nitrogen and oxygen atoms in total. The van der Waals surface area contributed by atoms with Crippen molar-refractivity contribution in [2.45, 2.75) is 26.2 Å². The van der Waals surface area contributed by atoms with E-state index >= 15 is 0 Å². The van der Waals surface area contributed by atoms with Gasteiger partial charge in [0.25, 0.3) is 0 Å². The van der Waals surface area contributed by atoms with Crippen molar-refractivity contribution in [3.8, 4) is 0 Å². The number of hydrogen-bond donors (Lipinski definition) is 3. The van der Waals surface area contributed by atoms with Crippen LogP contribution in [-0.4, -0.2) is 32.0 Å². The van der Waals surface area contributed by atoms with Gasteiger partial charge in [-0.2, -0.15) is 0 Å². The van der Waals surface area contributed by atoms with Crippen LogP contribution < -0.4 is 16.0 Å². The molecule has 1 aromatic rings. The van der Waals surface area contributed by atoms with Crippen LogP contribution in [0.15, 0.2) is 29.3 Å². The highest BCUT2D eigenvalue weighted by molar-refractivity contribution is 14.0. The highest BCUT2D eigenvalue weighted by Crippen LogP contribution is 2.08. The molecule has 7 heteroatoms.